The molecule has 3 aromatic carbocycles. The second-order valence-corrected chi connectivity index (χ2v) is 12.1. The van der Waals surface area contributed by atoms with Gasteiger partial charge in [0.05, 0.1) is 35.7 Å². The Morgan fingerprint density at radius 3 is 1.92 bits per heavy atom. The molecule has 1 amide bonds. The van der Waals surface area contributed by atoms with E-state index in [4.69, 9.17) is 9.47 Å². The fraction of sp³-hybridized carbons (Fsp3) is 0.240. The number of sulfonamides is 1. The first-order valence-electron chi connectivity index (χ1n) is 10.8. The molecule has 3 aromatic rings. The Balaban J connectivity index is 1.74. The summed E-state index contributed by atoms with van der Waals surface area (Å²) in [5.74, 6) is 0.348. The molecule has 9 nitrogen and oxygen atoms in total. The highest BCUT2D eigenvalue weighted by atomic mass is 32.2. The van der Waals surface area contributed by atoms with E-state index in [2.05, 4.69) is 5.32 Å². The first kappa shape index (κ1) is 27.0. The van der Waals surface area contributed by atoms with E-state index in [0.29, 0.717) is 22.7 Å². The number of amides is 1. The maximum atomic E-state index is 13.1. The number of hydrogen-bond acceptors (Lipinski definition) is 7. The van der Waals surface area contributed by atoms with Crippen LogP contribution in [0.25, 0.3) is 0 Å². The fourth-order valence-electron chi connectivity index (χ4n) is 3.46. The van der Waals surface area contributed by atoms with Gasteiger partial charge in [-0.25, -0.2) is 16.8 Å². The van der Waals surface area contributed by atoms with Crippen molar-refractivity contribution in [3.63, 3.8) is 0 Å². The average molecular weight is 533 g/mol. The topological polar surface area (TPSA) is 119 Å². The molecule has 1 N–H and O–H groups in total. The number of carbonyl (C=O) groups is 1. The van der Waals surface area contributed by atoms with Crippen molar-refractivity contribution in [1.82, 2.24) is 5.32 Å². The number of methoxy groups -OCH3 is 2. The van der Waals surface area contributed by atoms with Crippen LogP contribution in [0.2, 0.25) is 0 Å². The van der Waals surface area contributed by atoms with Crippen LogP contribution in [-0.2, 0) is 19.9 Å². The molecule has 36 heavy (non-hydrogen) atoms. The van der Waals surface area contributed by atoms with Crippen LogP contribution < -0.4 is 19.1 Å². The number of benzene rings is 3. The van der Waals surface area contributed by atoms with E-state index >= 15 is 0 Å². The molecular formula is C25H28N2O7S2. The third kappa shape index (κ3) is 5.80. The molecule has 0 unspecified atom stereocenters. The molecule has 3 rings (SSSR count). The third-order valence-electron chi connectivity index (χ3n) is 5.66. The minimum absolute atomic E-state index is 0.0279. The molecule has 0 heterocycles. The number of nitrogens with zero attached hydrogens (tertiary/aromatic N) is 1. The SMILES string of the molecule is COc1ccc(S(=O)(=O)N(C)c2ccc(C(=O)N[C@@H](C)c3ccc(S(C)(=O)=O)cc3)cc2)cc1OC. The van der Waals surface area contributed by atoms with E-state index in [-0.39, 0.29) is 21.7 Å². The minimum Gasteiger partial charge on any atom is -0.493 e. The first-order chi connectivity index (χ1) is 16.9. The van der Waals surface area contributed by atoms with Gasteiger partial charge in [-0.05, 0) is 61.0 Å². The van der Waals surface area contributed by atoms with Gasteiger partial charge in [-0.1, -0.05) is 12.1 Å². The summed E-state index contributed by atoms with van der Waals surface area (Å²) in [6, 6.07) is 16.4. The van der Waals surface area contributed by atoms with Crippen LogP contribution >= 0.6 is 0 Å². The molecule has 192 valence electrons. The zero-order valence-electron chi connectivity index (χ0n) is 20.5. The van der Waals surface area contributed by atoms with Gasteiger partial charge in [0.25, 0.3) is 15.9 Å². The van der Waals surface area contributed by atoms with Crippen molar-refractivity contribution in [2.75, 3.05) is 31.8 Å². The van der Waals surface area contributed by atoms with E-state index < -0.39 is 19.9 Å². The lowest BCUT2D eigenvalue weighted by atomic mass is 10.1. The number of rotatable bonds is 9. The number of hydrogen-bond donors (Lipinski definition) is 1. The molecule has 1 atom stereocenters. The van der Waals surface area contributed by atoms with Gasteiger partial charge in [0.1, 0.15) is 0 Å². The maximum Gasteiger partial charge on any atom is 0.264 e. The Morgan fingerprint density at radius 2 is 1.39 bits per heavy atom. The molecule has 0 aromatic heterocycles. The second kappa shape index (κ2) is 10.6. The largest absolute Gasteiger partial charge is 0.493 e. The van der Waals surface area contributed by atoms with Crippen LogP contribution in [0, 0.1) is 0 Å². The molecule has 0 aliphatic heterocycles. The monoisotopic (exact) mass is 532 g/mol. The van der Waals surface area contributed by atoms with E-state index in [0.717, 1.165) is 16.1 Å². The zero-order chi connectivity index (χ0) is 26.7. The fourth-order valence-corrected chi connectivity index (χ4v) is 5.31. The van der Waals surface area contributed by atoms with Gasteiger partial charge in [-0.2, -0.15) is 0 Å². The Bertz CT molecular complexity index is 1450. The highest BCUT2D eigenvalue weighted by Crippen LogP contribution is 2.31. The molecule has 0 bridgehead atoms. The number of sulfone groups is 1. The van der Waals surface area contributed by atoms with Crippen molar-refractivity contribution in [1.29, 1.82) is 0 Å². The van der Waals surface area contributed by atoms with E-state index in [1.807, 2.05) is 0 Å². The van der Waals surface area contributed by atoms with Crippen LogP contribution in [0.1, 0.15) is 28.9 Å². The van der Waals surface area contributed by atoms with Crippen LogP contribution in [0.3, 0.4) is 0 Å². The van der Waals surface area contributed by atoms with Gasteiger partial charge in [-0.15, -0.1) is 0 Å². The van der Waals surface area contributed by atoms with Crippen molar-refractivity contribution in [3.8, 4) is 11.5 Å². The van der Waals surface area contributed by atoms with E-state index in [9.17, 15) is 21.6 Å². The molecule has 11 heteroatoms. The summed E-state index contributed by atoms with van der Waals surface area (Å²) < 4.78 is 61.0. The van der Waals surface area contributed by atoms with Crippen molar-refractivity contribution < 1.29 is 31.1 Å². The number of ether oxygens (including phenoxy) is 2. The van der Waals surface area contributed by atoms with Crippen molar-refractivity contribution >= 4 is 31.5 Å². The predicted molar refractivity (Wildman–Crippen MR) is 137 cm³/mol. The Labute approximate surface area is 211 Å². The summed E-state index contributed by atoms with van der Waals surface area (Å²) in [5, 5.41) is 2.85. The minimum atomic E-state index is -3.90. The number of nitrogens with one attached hydrogen (secondary N) is 1. The van der Waals surface area contributed by atoms with Crippen LogP contribution in [0.4, 0.5) is 5.69 Å². The van der Waals surface area contributed by atoms with Crippen LogP contribution in [-0.4, -0.2) is 50.3 Å². The van der Waals surface area contributed by atoms with Crippen LogP contribution in [0.5, 0.6) is 11.5 Å². The highest BCUT2D eigenvalue weighted by molar-refractivity contribution is 7.92. The summed E-state index contributed by atoms with van der Waals surface area (Å²) in [6.45, 7) is 1.78. The van der Waals surface area contributed by atoms with Gasteiger partial charge < -0.3 is 14.8 Å². The van der Waals surface area contributed by atoms with Crippen molar-refractivity contribution in [2.45, 2.75) is 22.8 Å². The maximum absolute atomic E-state index is 13.1. The lowest BCUT2D eigenvalue weighted by molar-refractivity contribution is 0.0940. The summed E-state index contributed by atoms with van der Waals surface area (Å²) in [7, 11) is -2.89. The van der Waals surface area contributed by atoms with Gasteiger partial charge in [0, 0.05) is 24.9 Å². The van der Waals surface area contributed by atoms with Gasteiger partial charge in [0.15, 0.2) is 21.3 Å². The Kier molecular flexibility index (Phi) is 7.95. The standard InChI is InChI=1S/C25H28N2O7S2/c1-17(18-8-12-21(13-9-18)35(5,29)30)26-25(28)19-6-10-20(11-7-19)27(2)36(31,32)22-14-15-23(33-3)24(16-22)34-4/h6-17H,1-5H3,(H,26,28)/t17-/m0/s1. The average Bonchev–Trinajstić information content (AvgIpc) is 2.87. The summed E-state index contributed by atoms with van der Waals surface area (Å²) in [4.78, 5) is 12.9. The number of anilines is 1. The van der Waals surface area contributed by atoms with E-state index in [1.54, 1.807) is 31.2 Å². The molecule has 0 saturated heterocycles. The van der Waals surface area contributed by atoms with Gasteiger partial charge in [0.2, 0.25) is 0 Å². The highest BCUT2D eigenvalue weighted by Gasteiger charge is 2.23. The second-order valence-electron chi connectivity index (χ2n) is 8.07. The lowest BCUT2D eigenvalue weighted by Gasteiger charge is -2.21. The Morgan fingerprint density at radius 1 is 0.833 bits per heavy atom. The lowest BCUT2D eigenvalue weighted by Crippen LogP contribution is -2.28. The normalized spacial score (nSPS) is 12.5. The smallest absolute Gasteiger partial charge is 0.264 e. The molecule has 0 aliphatic carbocycles. The van der Waals surface area contributed by atoms with Crippen molar-refractivity contribution in [2.24, 2.45) is 0 Å². The summed E-state index contributed by atoms with van der Waals surface area (Å²) in [6.07, 6.45) is 1.13. The molecular weight excluding hydrogens is 504 g/mol. The third-order valence-corrected chi connectivity index (χ3v) is 8.57. The van der Waals surface area contributed by atoms with Crippen LogP contribution in [0.15, 0.2) is 76.5 Å². The predicted octanol–water partition coefficient (Wildman–Crippen LogP) is 3.42. The van der Waals surface area contributed by atoms with Gasteiger partial charge in [-0.3, -0.25) is 9.10 Å². The molecule has 0 saturated carbocycles. The Hall–Kier alpha value is -3.57. The first-order valence-corrected chi connectivity index (χ1v) is 14.1. The van der Waals surface area contributed by atoms with Crippen molar-refractivity contribution in [3.05, 3.63) is 77.9 Å². The number of carbonyl (C=O) groups excluding carboxylic acids is 1. The van der Waals surface area contributed by atoms with E-state index in [1.165, 1.54) is 63.7 Å². The molecule has 0 radical (unpaired) electrons. The summed E-state index contributed by atoms with van der Waals surface area (Å²) >= 11 is 0. The summed E-state index contributed by atoms with van der Waals surface area (Å²) in [5.41, 5.74) is 1.45. The van der Waals surface area contributed by atoms with Gasteiger partial charge >= 0.3 is 0 Å². The molecule has 0 aliphatic rings. The molecule has 0 fully saturated rings. The molecule has 0 spiro atoms. The quantitative estimate of drug-likeness (QED) is 0.448. The zero-order valence-corrected chi connectivity index (χ0v) is 22.2.